The Labute approximate surface area is 124 Å². The van der Waals surface area contributed by atoms with E-state index in [9.17, 15) is 9.59 Å². The molecule has 0 aliphatic rings. The number of rotatable bonds is 7. The number of thioether (sulfide) groups is 1. The fourth-order valence-electron chi connectivity index (χ4n) is 1.68. The van der Waals surface area contributed by atoms with E-state index in [-0.39, 0.29) is 17.6 Å². The van der Waals surface area contributed by atoms with Gasteiger partial charge in [0.15, 0.2) is 0 Å². The summed E-state index contributed by atoms with van der Waals surface area (Å²) in [4.78, 5) is 24.2. The summed E-state index contributed by atoms with van der Waals surface area (Å²) in [7, 11) is 1.77. The highest BCUT2D eigenvalue weighted by Crippen LogP contribution is 2.15. The lowest BCUT2D eigenvalue weighted by Gasteiger charge is -2.18. The molecule has 0 fully saturated rings. The molecule has 4 nitrogen and oxygen atoms in total. The van der Waals surface area contributed by atoms with E-state index in [0.29, 0.717) is 12.3 Å². The maximum absolute atomic E-state index is 12.0. The molecule has 1 amide bonds. The molecule has 0 saturated heterocycles. The fourth-order valence-corrected chi connectivity index (χ4v) is 2.59. The topological polar surface area (TPSA) is 57.6 Å². The summed E-state index contributed by atoms with van der Waals surface area (Å²) in [6.45, 7) is 4.43. The first kappa shape index (κ1) is 16.6. The second-order valence-electron chi connectivity index (χ2n) is 4.95. The zero-order valence-corrected chi connectivity index (χ0v) is 12.9. The molecule has 0 aliphatic heterocycles. The van der Waals surface area contributed by atoms with Gasteiger partial charge in [0.2, 0.25) is 5.91 Å². The minimum absolute atomic E-state index is 0.0211. The fraction of sp³-hybridized carbons (Fsp3) is 0.467. The number of carbonyl (C=O) groups is 2. The average molecular weight is 295 g/mol. The van der Waals surface area contributed by atoms with Crippen LogP contribution in [-0.4, -0.2) is 39.9 Å². The molecule has 1 atom stereocenters. The molecule has 0 bridgehead atoms. The molecule has 110 valence electrons. The lowest BCUT2D eigenvalue weighted by atomic mass is 10.1. The smallest absolute Gasteiger partial charge is 0.304 e. The molecule has 0 saturated carbocycles. The number of carboxylic acids is 1. The van der Waals surface area contributed by atoms with Crippen LogP contribution in [0.5, 0.6) is 0 Å². The predicted octanol–water partition coefficient (Wildman–Crippen LogP) is 2.55. The van der Waals surface area contributed by atoms with Gasteiger partial charge >= 0.3 is 5.97 Å². The molecule has 0 aliphatic carbocycles. The largest absolute Gasteiger partial charge is 0.481 e. The van der Waals surface area contributed by atoms with Crippen molar-refractivity contribution in [1.29, 1.82) is 0 Å². The summed E-state index contributed by atoms with van der Waals surface area (Å²) < 4.78 is 0. The number of aryl methyl sites for hydroxylation is 1. The Morgan fingerprint density at radius 2 is 1.90 bits per heavy atom. The van der Waals surface area contributed by atoms with Crippen molar-refractivity contribution in [2.24, 2.45) is 0 Å². The van der Waals surface area contributed by atoms with Gasteiger partial charge in [-0.1, -0.05) is 36.8 Å². The third kappa shape index (κ3) is 6.10. The molecule has 1 aromatic carbocycles. The van der Waals surface area contributed by atoms with E-state index in [1.165, 1.54) is 17.3 Å². The summed E-state index contributed by atoms with van der Waals surface area (Å²) >= 11 is 1.38. The van der Waals surface area contributed by atoms with Gasteiger partial charge in [0.1, 0.15) is 0 Å². The van der Waals surface area contributed by atoms with Crippen LogP contribution in [0.3, 0.4) is 0 Å². The van der Waals surface area contributed by atoms with Gasteiger partial charge < -0.3 is 10.0 Å². The van der Waals surface area contributed by atoms with Crippen LogP contribution in [0, 0.1) is 6.92 Å². The second kappa shape index (κ2) is 7.94. The highest BCUT2D eigenvalue weighted by molar-refractivity contribution is 8.00. The summed E-state index contributed by atoms with van der Waals surface area (Å²) in [5.74, 6) is -0.491. The molecule has 1 aromatic rings. The van der Waals surface area contributed by atoms with E-state index in [0.717, 1.165) is 5.56 Å². The van der Waals surface area contributed by atoms with Gasteiger partial charge in [-0.2, -0.15) is 0 Å². The molecule has 5 heteroatoms. The van der Waals surface area contributed by atoms with Gasteiger partial charge in [-0.15, -0.1) is 11.8 Å². The van der Waals surface area contributed by atoms with Crippen molar-refractivity contribution >= 4 is 23.6 Å². The van der Waals surface area contributed by atoms with Crippen LogP contribution < -0.4 is 0 Å². The highest BCUT2D eigenvalue weighted by atomic mass is 32.2. The van der Waals surface area contributed by atoms with E-state index in [1.54, 1.807) is 11.9 Å². The summed E-state index contributed by atoms with van der Waals surface area (Å²) in [5.41, 5.74) is 2.29. The number of carboxylic acid groups (broad SMARTS) is 1. The lowest BCUT2D eigenvalue weighted by Crippen LogP contribution is -2.28. The Bertz CT molecular complexity index is 459. The third-order valence-electron chi connectivity index (χ3n) is 2.92. The van der Waals surface area contributed by atoms with Gasteiger partial charge in [-0.3, -0.25) is 9.59 Å². The first-order valence-electron chi connectivity index (χ1n) is 6.51. The average Bonchev–Trinajstić information content (AvgIpc) is 2.37. The number of nitrogens with zero attached hydrogens (tertiary/aromatic N) is 1. The van der Waals surface area contributed by atoms with Crippen molar-refractivity contribution in [1.82, 2.24) is 4.90 Å². The minimum atomic E-state index is -0.828. The molecule has 1 N–H and O–H groups in total. The lowest BCUT2D eigenvalue weighted by molar-refractivity contribution is -0.137. The number of benzene rings is 1. The van der Waals surface area contributed by atoms with Crippen LogP contribution in [0.1, 0.15) is 24.5 Å². The van der Waals surface area contributed by atoms with Crippen LogP contribution in [0.25, 0.3) is 0 Å². The van der Waals surface area contributed by atoms with Gasteiger partial charge in [0.25, 0.3) is 0 Å². The minimum Gasteiger partial charge on any atom is -0.481 e. The summed E-state index contributed by atoms with van der Waals surface area (Å²) in [6, 6.07) is 8.08. The second-order valence-corrected chi connectivity index (χ2v) is 6.38. The molecular formula is C15H21NO3S. The van der Waals surface area contributed by atoms with Crippen molar-refractivity contribution in [2.45, 2.75) is 32.1 Å². The maximum atomic E-state index is 12.0. The Balaban J connectivity index is 2.39. The standard InChI is InChI=1S/C15H21NO3S/c1-11-4-6-13(7-5-11)9-16(3)14(17)10-20-12(2)8-15(18)19/h4-7,12H,8-10H2,1-3H3,(H,18,19). The van der Waals surface area contributed by atoms with Crippen molar-refractivity contribution in [2.75, 3.05) is 12.8 Å². The monoisotopic (exact) mass is 295 g/mol. The van der Waals surface area contributed by atoms with Crippen molar-refractivity contribution in [3.63, 3.8) is 0 Å². The molecule has 1 unspecified atom stereocenters. The predicted molar refractivity (Wildman–Crippen MR) is 81.8 cm³/mol. The Morgan fingerprint density at radius 3 is 2.45 bits per heavy atom. The van der Waals surface area contributed by atoms with E-state index < -0.39 is 5.97 Å². The van der Waals surface area contributed by atoms with E-state index in [4.69, 9.17) is 5.11 Å². The van der Waals surface area contributed by atoms with Crippen molar-refractivity contribution in [3.05, 3.63) is 35.4 Å². The summed E-state index contributed by atoms with van der Waals surface area (Å²) in [6.07, 6.45) is 0.0830. The molecular weight excluding hydrogens is 274 g/mol. The number of aliphatic carboxylic acids is 1. The molecule has 0 radical (unpaired) electrons. The first-order valence-corrected chi connectivity index (χ1v) is 7.56. The molecule has 20 heavy (non-hydrogen) atoms. The van der Waals surface area contributed by atoms with Gasteiger partial charge in [0.05, 0.1) is 12.2 Å². The van der Waals surface area contributed by atoms with Gasteiger partial charge in [0, 0.05) is 18.8 Å². The zero-order valence-electron chi connectivity index (χ0n) is 12.1. The van der Waals surface area contributed by atoms with Crippen LogP contribution in [0.2, 0.25) is 0 Å². The Hall–Kier alpha value is -1.49. The van der Waals surface area contributed by atoms with Crippen molar-refractivity contribution < 1.29 is 14.7 Å². The number of carbonyl (C=O) groups excluding carboxylic acids is 1. The molecule has 0 spiro atoms. The van der Waals surface area contributed by atoms with Crippen LogP contribution in [0.4, 0.5) is 0 Å². The Morgan fingerprint density at radius 1 is 1.30 bits per heavy atom. The maximum Gasteiger partial charge on any atom is 0.304 e. The van der Waals surface area contributed by atoms with E-state index >= 15 is 0 Å². The van der Waals surface area contributed by atoms with Crippen LogP contribution in [-0.2, 0) is 16.1 Å². The number of hydrogen-bond acceptors (Lipinski definition) is 3. The SMILES string of the molecule is Cc1ccc(CN(C)C(=O)CSC(C)CC(=O)O)cc1. The molecule has 1 rings (SSSR count). The zero-order chi connectivity index (χ0) is 15.1. The highest BCUT2D eigenvalue weighted by Gasteiger charge is 2.13. The third-order valence-corrected chi connectivity index (χ3v) is 4.07. The first-order chi connectivity index (χ1) is 9.38. The van der Waals surface area contributed by atoms with Crippen LogP contribution >= 0.6 is 11.8 Å². The number of amides is 1. The van der Waals surface area contributed by atoms with Crippen molar-refractivity contribution in [3.8, 4) is 0 Å². The number of hydrogen-bond donors (Lipinski definition) is 1. The molecule has 0 heterocycles. The molecule has 0 aromatic heterocycles. The quantitative estimate of drug-likeness (QED) is 0.840. The normalized spacial score (nSPS) is 11.9. The van der Waals surface area contributed by atoms with Gasteiger partial charge in [-0.25, -0.2) is 0 Å². The van der Waals surface area contributed by atoms with Gasteiger partial charge in [-0.05, 0) is 12.5 Å². The van der Waals surface area contributed by atoms with E-state index in [1.807, 2.05) is 38.1 Å². The van der Waals surface area contributed by atoms with E-state index in [2.05, 4.69) is 0 Å². The summed E-state index contributed by atoms with van der Waals surface area (Å²) in [5, 5.41) is 8.62. The Kier molecular flexibility index (Phi) is 6.58. The van der Waals surface area contributed by atoms with Crippen LogP contribution in [0.15, 0.2) is 24.3 Å².